The molecule has 0 unspecified atom stereocenters. The van der Waals surface area contributed by atoms with Crippen LogP contribution in [0.1, 0.15) is 16.1 Å². The van der Waals surface area contributed by atoms with Gasteiger partial charge in [-0.25, -0.2) is 0 Å². The lowest BCUT2D eigenvalue weighted by molar-refractivity contribution is 0.102. The molecule has 7 heteroatoms. The van der Waals surface area contributed by atoms with Gasteiger partial charge in [0, 0.05) is 17.4 Å². The van der Waals surface area contributed by atoms with E-state index in [1.165, 1.54) is 12.3 Å². The van der Waals surface area contributed by atoms with Crippen LogP contribution in [-0.4, -0.2) is 26.3 Å². The van der Waals surface area contributed by atoms with Crippen LogP contribution in [0.15, 0.2) is 41.3 Å². The van der Waals surface area contributed by atoms with Crippen LogP contribution in [0.4, 0.5) is 5.69 Å². The highest BCUT2D eigenvalue weighted by Gasteiger charge is 2.11. The van der Waals surface area contributed by atoms with Gasteiger partial charge in [-0.05, 0) is 24.6 Å². The molecule has 2 heterocycles. The van der Waals surface area contributed by atoms with Gasteiger partial charge in [0.1, 0.15) is 0 Å². The molecule has 0 aliphatic rings. The van der Waals surface area contributed by atoms with E-state index >= 15 is 0 Å². The van der Waals surface area contributed by atoms with Gasteiger partial charge in [-0.15, -0.1) is 0 Å². The fourth-order valence-corrected chi connectivity index (χ4v) is 2.00. The quantitative estimate of drug-likeness (QED) is 0.587. The molecule has 106 valence electrons. The molecule has 2 aromatic heterocycles. The molecule has 1 aromatic carbocycles. The van der Waals surface area contributed by atoms with Crippen LogP contribution in [-0.2, 0) is 0 Å². The first-order chi connectivity index (χ1) is 10.1. The second-order valence-electron chi connectivity index (χ2n) is 4.61. The second kappa shape index (κ2) is 5.12. The van der Waals surface area contributed by atoms with Crippen LogP contribution in [0.5, 0.6) is 0 Å². The third-order valence-corrected chi connectivity index (χ3v) is 3.12. The molecule has 0 atom stereocenters. The fraction of sp³-hybridized carbons (Fsp3) is 0.0714. The van der Waals surface area contributed by atoms with Crippen LogP contribution >= 0.6 is 0 Å². The zero-order chi connectivity index (χ0) is 14.8. The van der Waals surface area contributed by atoms with Gasteiger partial charge in [0.25, 0.3) is 11.5 Å². The molecule has 4 N–H and O–H groups in total. The van der Waals surface area contributed by atoms with Gasteiger partial charge in [0.05, 0.1) is 17.5 Å². The second-order valence-corrected chi connectivity index (χ2v) is 4.61. The van der Waals surface area contributed by atoms with Crippen LogP contribution in [0.3, 0.4) is 0 Å². The number of aryl methyl sites for hydroxylation is 1. The van der Waals surface area contributed by atoms with Crippen molar-refractivity contribution in [3.63, 3.8) is 0 Å². The van der Waals surface area contributed by atoms with Crippen LogP contribution in [0.2, 0.25) is 0 Å². The lowest BCUT2D eigenvalue weighted by atomic mass is 10.1. The highest BCUT2D eigenvalue weighted by atomic mass is 16.1. The van der Waals surface area contributed by atoms with Crippen molar-refractivity contribution < 1.29 is 4.79 Å². The summed E-state index contributed by atoms with van der Waals surface area (Å²) in [6, 6.07) is 8.65. The molecule has 0 radical (unpaired) electrons. The average molecular weight is 283 g/mol. The van der Waals surface area contributed by atoms with Gasteiger partial charge in [-0.2, -0.15) is 5.10 Å². The first-order valence-electron chi connectivity index (χ1n) is 6.33. The van der Waals surface area contributed by atoms with Crippen LogP contribution in [0.25, 0.3) is 11.3 Å². The Labute approximate surface area is 119 Å². The maximum Gasteiger partial charge on any atom is 0.264 e. The minimum Gasteiger partial charge on any atom is -0.322 e. The lowest BCUT2D eigenvalue weighted by Crippen LogP contribution is -2.12. The van der Waals surface area contributed by atoms with Crippen molar-refractivity contribution in [1.82, 2.24) is 20.4 Å². The standard InChI is InChI=1S/C14H13N5O2/c1-8-11(7-15-17-8)14(21)16-10-4-2-9(3-5-10)12-6-13(20)19-18-12/h2-7H,1H3,(H,15,17)(H,16,21)(H2,18,19,20). The summed E-state index contributed by atoms with van der Waals surface area (Å²) in [6.45, 7) is 1.78. The van der Waals surface area contributed by atoms with Crippen LogP contribution < -0.4 is 10.9 Å². The van der Waals surface area contributed by atoms with Crippen molar-refractivity contribution >= 4 is 11.6 Å². The van der Waals surface area contributed by atoms with Crippen molar-refractivity contribution in [3.8, 4) is 11.3 Å². The molecule has 0 saturated carbocycles. The van der Waals surface area contributed by atoms with Gasteiger partial charge in [-0.3, -0.25) is 24.9 Å². The van der Waals surface area contributed by atoms with Gasteiger partial charge in [0.15, 0.2) is 0 Å². The van der Waals surface area contributed by atoms with Gasteiger partial charge >= 0.3 is 0 Å². The summed E-state index contributed by atoms with van der Waals surface area (Å²) in [4.78, 5) is 23.1. The molecule has 3 rings (SSSR count). The molecule has 21 heavy (non-hydrogen) atoms. The number of aromatic amines is 3. The van der Waals surface area contributed by atoms with Crippen molar-refractivity contribution in [1.29, 1.82) is 0 Å². The molecule has 0 aliphatic heterocycles. The number of benzene rings is 1. The summed E-state index contributed by atoms with van der Waals surface area (Å²) in [5.74, 6) is -0.218. The number of amides is 1. The Morgan fingerprint density at radius 3 is 2.52 bits per heavy atom. The summed E-state index contributed by atoms with van der Waals surface area (Å²) in [5, 5.41) is 14.6. The smallest absolute Gasteiger partial charge is 0.264 e. The minimum absolute atomic E-state index is 0.183. The number of hydrogen-bond donors (Lipinski definition) is 4. The number of nitrogens with one attached hydrogen (secondary N) is 4. The number of carbonyl (C=O) groups excluding carboxylic acids is 1. The van der Waals surface area contributed by atoms with E-state index in [4.69, 9.17) is 0 Å². The molecule has 0 spiro atoms. The number of aromatic nitrogens is 4. The fourth-order valence-electron chi connectivity index (χ4n) is 2.00. The Morgan fingerprint density at radius 2 is 1.95 bits per heavy atom. The van der Waals surface area contributed by atoms with E-state index in [0.717, 1.165) is 5.56 Å². The van der Waals surface area contributed by atoms with E-state index in [1.807, 2.05) is 12.1 Å². The van der Waals surface area contributed by atoms with E-state index in [2.05, 4.69) is 25.7 Å². The molecule has 0 aliphatic carbocycles. The Balaban J connectivity index is 1.77. The van der Waals surface area contributed by atoms with E-state index in [1.54, 1.807) is 19.1 Å². The maximum atomic E-state index is 12.0. The zero-order valence-electron chi connectivity index (χ0n) is 11.2. The third-order valence-electron chi connectivity index (χ3n) is 3.12. The molecule has 0 saturated heterocycles. The minimum atomic E-state index is -0.218. The maximum absolute atomic E-state index is 12.0. The molecular formula is C14H13N5O2. The number of nitrogens with zero attached hydrogens (tertiary/aromatic N) is 1. The van der Waals surface area contributed by atoms with Gasteiger partial charge < -0.3 is 5.32 Å². The predicted molar refractivity (Wildman–Crippen MR) is 78.1 cm³/mol. The predicted octanol–water partition coefficient (Wildman–Crippen LogP) is 1.65. The Bertz CT molecular complexity index is 825. The summed E-state index contributed by atoms with van der Waals surface area (Å²) in [5.41, 5.74) is 3.26. The van der Waals surface area contributed by atoms with E-state index in [9.17, 15) is 9.59 Å². The van der Waals surface area contributed by atoms with E-state index in [-0.39, 0.29) is 11.5 Å². The van der Waals surface area contributed by atoms with Gasteiger partial charge in [-0.1, -0.05) is 12.1 Å². The molecule has 0 fully saturated rings. The summed E-state index contributed by atoms with van der Waals surface area (Å²) in [7, 11) is 0. The van der Waals surface area contributed by atoms with Gasteiger partial charge in [0.2, 0.25) is 0 Å². The monoisotopic (exact) mass is 283 g/mol. The Kier molecular flexibility index (Phi) is 3.15. The SMILES string of the molecule is Cc1[nH]ncc1C(=O)Nc1ccc(-c2cc(=O)[nH][nH]2)cc1. The lowest BCUT2D eigenvalue weighted by Gasteiger charge is -2.05. The number of rotatable bonds is 3. The van der Waals surface area contributed by atoms with Crippen molar-refractivity contribution in [2.24, 2.45) is 0 Å². The van der Waals surface area contributed by atoms with E-state index in [0.29, 0.717) is 22.6 Å². The highest BCUT2D eigenvalue weighted by molar-refractivity contribution is 6.04. The van der Waals surface area contributed by atoms with Crippen molar-refractivity contribution in [2.75, 3.05) is 5.32 Å². The highest BCUT2D eigenvalue weighted by Crippen LogP contribution is 2.18. The topological polar surface area (TPSA) is 106 Å². The molecule has 0 bridgehead atoms. The Hall–Kier alpha value is -3.09. The van der Waals surface area contributed by atoms with Crippen molar-refractivity contribution in [2.45, 2.75) is 6.92 Å². The van der Waals surface area contributed by atoms with Crippen LogP contribution in [0, 0.1) is 6.92 Å². The Morgan fingerprint density at radius 1 is 1.19 bits per heavy atom. The largest absolute Gasteiger partial charge is 0.322 e. The number of carbonyl (C=O) groups is 1. The summed E-state index contributed by atoms with van der Waals surface area (Å²) < 4.78 is 0. The summed E-state index contributed by atoms with van der Waals surface area (Å²) >= 11 is 0. The first kappa shape index (κ1) is 12.9. The average Bonchev–Trinajstić information content (AvgIpc) is 3.08. The normalized spacial score (nSPS) is 10.5. The number of anilines is 1. The first-order valence-corrected chi connectivity index (χ1v) is 6.33. The molecular weight excluding hydrogens is 270 g/mol. The zero-order valence-corrected chi connectivity index (χ0v) is 11.2. The number of H-pyrrole nitrogens is 3. The molecule has 3 aromatic rings. The molecule has 7 nitrogen and oxygen atoms in total. The summed E-state index contributed by atoms with van der Waals surface area (Å²) in [6.07, 6.45) is 1.49. The van der Waals surface area contributed by atoms with Crippen molar-refractivity contribution in [3.05, 3.63) is 58.1 Å². The number of hydrogen-bond acceptors (Lipinski definition) is 3. The third kappa shape index (κ3) is 2.62. The van der Waals surface area contributed by atoms with E-state index < -0.39 is 0 Å². The molecule has 1 amide bonds.